The Kier molecular flexibility index (Phi) is 2.03. The van der Waals surface area contributed by atoms with Crippen molar-refractivity contribution in [2.45, 2.75) is 0 Å². The number of phenols is 1. The van der Waals surface area contributed by atoms with Gasteiger partial charge in [-0.3, -0.25) is 0 Å². The Hall–Kier alpha value is -2.11. The van der Waals surface area contributed by atoms with E-state index in [4.69, 9.17) is 19.3 Å². The van der Waals surface area contributed by atoms with Gasteiger partial charge >= 0.3 is 5.97 Å². The molecule has 80 valence electrons. The van der Waals surface area contributed by atoms with E-state index in [2.05, 4.69) is 0 Å². The number of carboxylic acid groups (broad SMARTS) is 1. The maximum absolute atomic E-state index is 10.8. The Morgan fingerprint density at radius 1 is 1.47 bits per heavy atom. The van der Waals surface area contributed by atoms with Crippen molar-refractivity contribution in [3.63, 3.8) is 0 Å². The van der Waals surface area contributed by atoms with Crippen LogP contribution >= 0.6 is 0 Å². The number of carbonyl (C=O) groups is 1. The van der Waals surface area contributed by atoms with Crippen molar-refractivity contribution >= 4 is 5.97 Å². The molecule has 0 saturated carbocycles. The maximum atomic E-state index is 10.8. The van der Waals surface area contributed by atoms with Crippen LogP contribution in [0, 0.1) is 0 Å². The first-order valence-corrected chi connectivity index (χ1v) is 4.08. The molecule has 1 aliphatic rings. The quantitative estimate of drug-likeness (QED) is 0.755. The highest BCUT2D eigenvalue weighted by molar-refractivity contribution is 5.93. The van der Waals surface area contributed by atoms with Crippen LogP contribution in [0.3, 0.4) is 0 Å². The number of ether oxygens (including phenoxy) is 3. The highest BCUT2D eigenvalue weighted by Crippen LogP contribution is 2.48. The molecule has 1 aromatic carbocycles. The highest BCUT2D eigenvalue weighted by Gasteiger charge is 2.28. The van der Waals surface area contributed by atoms with Gasteiger partial charge in [0.25, 0.3) is 0 Å². The van der Waals surface area contributed by atoms with Crippen LogP contribution in [0.25, 0.3) is 0 Å². The van der Waals surface area contributed by atoms with Crippen LogP contribution in [0.15, 0.2) is 6.07 Å². The van der Waals surface area contributed by atoms with E-state index in [1.807, 2.05) is 0 Å². The van der Waals surface area contributed by atoms with Crippen LogP contribution in [0.1, 0.15) is 10.4 Å². The third-order valence-electron chi connectivity index (χ3n) is 2.03. The molecule has 0 spiro atoms. The largest absolute Gasteiger partial charge is 0.504 e. The fourth-order valence-corrected chi connectivity index (χ4v) is 1.34. The molecule has 0 atom stereocenters. The van der Waals surface area contributed by atoms with Crippen LogP contribution < -0.4 is 14.2 Å². The summed E-state index contributed by atoms with van der Waals surface area (Å²) < 4.78 is 14.9. The van der Waals surface area contributed by atoms with Gasteiger partial charge in [0.2, 0.25) is 18.3 Å². The Morgan fingerprint density at radius 3 is 2.73 bits per heavy atom. The number of hydrogen-bond acceptors (Lipinski definition) is 5. The van der Waals surface area contributed by atoms with Gasteiger partial charge in [0.15, 0.2) is 11.5 Å². The van der Waals surface area contributed by atoms with E-state index >= 15 is 0 Å². The molecule has 0 radical (unpaired) electrons. The van der Waals surface area contributed by atoms with E-state index in [0.29, 0.717) is 0 Å². The lowest BCUT2D eigenvalue weighted by molar-refractivity contribution is 0.0692. The minimum absolute atomic E-state index is 0.00625. The van der Waals surface area contributed by atoms with E-state index in [1.54, 1.807) is 0 Å². The number of carboxylic acids is 1. The zero-order valence-corrected chi connectivity index (χ0v) is 7.81. The molecule has 15 heavy (non-hydrogen) atoms. The van der Waals surface area contributed by atoms with Gasteiger partial charge in [-0.2, -0.15) is 0 Å². The van der Waals surface area contributed by atoms with E-state index in [0.717, 1.165) is 0 Å². The molecule has 2 rings (SSSR count). The van der Waals surface area contributed by atoms with Crippen LogP contribution in [-0.2, 0) is 0 Å². The normalized spacial score (nSPS) is 12.6. The molecular formula is C9H8O6. The molecule has 1 aliphatic heterocycles. The summed E-state index contributed by atoms with van der Waals surface area (Å²) in [4.78, 5) is 10.8. The van der Waals surface area contributed by atoms with Crippen LogP contribution in [-0.4, -0.2) is 30.1 Å². The molecular weight excluding hydrogens is 204 g/mol. The number of benzene rings is 1. The van der Waals surface area contributed by atoms with Crippen molar-refractivity contribution < 1.29 is 29.2 Å². The summed E-state index contributed by atoms with van der Waals surface area (Å²) in [7, 11) is 1.37. The van der Waals surface area contributed by atoms with Crippen LogP contribution in [0.2, 0.25) is 0 Å². The minimum Gasteiger partial charge on any atom is -0.504 e. The lowest BCUT2D eigenvalue weighted by Gasteiger charge is -2.07. The molecule has 6 nitrogen and oxygen atoms in total. The molecule has 1 aromatic rings. The first-order chi connectivity index (χ1) is 7.15. The predicted octanol–water partition coefficient (Wildman–Crippen LogP) is 0.828. The number of rotatable bonds is 2. The third kappa shape index (κ3) is 1.30. The second kappa shape index (κ2) is 3.23. The number of methoxy groups -OCH3 is 1. The second-order valence-electron chi connectivity index (χ2n) is 2.84. The summed E-state index contributed by atoms with van der Waals surface area (Å²) in [5.74, 6) is -1.26. The third-order valence-corrected chi connectivity index (χ3v) is 2.03. The Morgan fingerprint density at radius 2 is 2.13 bits per heavy atom. The number of hydrogen-bond donors (Lipinski definition) is 2. The molecule has 1 heterocycles. The summed E-state index contributed by atoms with van der Waals surface area (Å²) >= 11 is 0. The minimum atomic E-state index is -1.26. The van der Waals surface area contributed by atoms with Crippen molar-refractivity contribution in [1.82, 2.24) is 0 Å². The van der Waals surface area contributed by atoms with E-state index in [-0.39, 0.29) is 29.6 Å². The van der Waals surface area contributed by atoms with Gasteiger partial charge in [-0.1, -0.05) is 0 Å². The van der Waals surface area contributed by atoms with Crippen molar-refractivity contribution in [3.8, 4) is 23.0 Å². The zero-order chi connectivity index (χ0) is 11.0. The van der Waals surface area contributed by atoms with Crippen molar-refractivity contribution in [2.24, 2.45) is 0 Å². The zero-order valence-electron chi connectivity index (χ0n) is 7.81. The first kappa shape index (κ1) is 9.45. The first-order valence-electron chi connectivity index (χ1n) is 4.08. The standard InChI is InChI=1S/C9H8O6/c1-13-5-2-4(9(11)12)6(10)8-7(5)14-3-15-8/h2,10H,3H2,1H3,(H,11,12). The molecule has 0 aliphatic carbocycles. The lowest BCUT2D eigenvalue weighted by Crippen LogP contribution is -1.98. The Labute approximate surface area is 84.6 Å². The maximum Gasteiger partial charge on any atom is 0.339 e. The number of fused-ring (bicyclic) bond motifs is 1. The molecule has 6 heteroatoms. The summed E-state index contributed by atoms with van der Waals surface area (Å²) in [6.07, 6.45) is 0. The molecule has 0 fully saturated rings. The highest BCUT2D eigenvalue weighted by atomic mass is 16.7. The summed E-state index contributed by atoms with van der Waals surface area (Å²) in [5.41, 5.74) is -0.281. The molecule has 0 unspecified atom stereocenters. The van der Waals surface area contributed by atoms with E-state index < -0.39 is 11.7 Å². The predicted molar refractivity (Wildman–Crippen MR) is 47.7 cm³/mol. The second-order valence-corrected chi connectivity index (χ2v) is 2.84. The Balaban J connectivity index is 2.66. The summed E-state index contributed by atoms with van der Waals surface area (Å²) in [5, 5.41) is 18.4. The van der Waals surface area contributed by atoms with Gasteiger partial charge in [0.1, 0.15) is 5.56 Å². The van der Waals surface area contributed by atoms with Crippen molar-refractivity contribution in [1.29, 1.82) is 0 Å². The smallest absolute Gasteiger partial charge is 0.339 e. The fraction of sp³-hybridized carbons (Fsp3) is 0.222. The van der Waals surface area contributed by atoms with Gasteiger partial charge < -0.3 is 24.4 Å². The van der Waals surface area contributed by atoms with Crippen molar-refractivity contribution in [2.75, 3.05) is 13.9 Å². The van der Waals surface area contributed by atoms with Crippen molar-refractivity contribution in [3.05, 3.63) is 11.6 Å². The average Bonchev–Trinajstić information content (AvgIpc) is 2.67. The van der Waals surface area contributed by atoms with Gasteiger partial charge in [-0.25, -0.2) is 4.79 Å². The monoisotopic (exact) mass is 212 g/mol. The summed E-state index contributed by atoms with van der Waals surface area (Å²) in [6, 6.07) is 1.19. The number of aromatic hydroxyl groups is 1. The summed E-state index contributed by atoms with van der Waals surface area (Å²) in [6.45, 7) is -0.0671. The van der Waals surface area contributed by atoms with Gasteiger partial charge in [0, 0.05) is 6.07 Å². The SMILES string of the molecule is COc1cc(C(=O)O)c(O)c2c1OCO2. The molecule has 0 amide bonds. The van der Waals surface area contributed by atoms with Crippen LogP contribution in [0.5, 0.6) is 23.0 Å². The fourth-order valence-electron chi connectivity index (χ4n) is 1.34. The van der Waals surface area contributed by atoms with Crippen LogP contribution in [0.4, 0.5) is 0 Å². The van der Waals surface area contributed by atoms with Gasteiger partial charge in [0.05, 0.1) is 7.11 Å². The number of aromatic carboxylic acids is 1. The molecule has 0 aromatic heterocycles. The molecule has 2 N–H and O–H groups in total. The average molecular weight is 212 g/mol. The lowest BCUT2D eigenvalue weighted by atomic mass is 10.1. The van der Waals surface area contributed by atoms with E-state index in [1.165, 1.54) is 13.2 Å². The molecule has 0 bridgehead atoms. The van der Waals surface area contributed by atoms with E-state index in [9.17, 15) is 9.90 Å². The topological polar surface area (TPSA) is 85.2 Å². The molecule has 0 saturated heterocycles. The van der Waals surface area contributed by atoms with Gasteiger partial charge in [-0.05, 0) is 0 Å². The van der Waals surface area contributed by atoms with Gasteiger partial charge in [-0.15, -0.1) is 0 Å². The Bertz CT molecular complexity index is 425.